The lowest BCUT2D eigenvalue weighted by atomic mass is 9.76. The molecule has 748 valence electrons. The molecule has 9 aliphatic rings. The Morgan fingerprint density at radius 3 is 1.34 bits per heavy atom. The molecule has 6 aliphatic carbocycles. The summed E-state index contributed by atoms with van der Waals surface area (Å²) in [5, 5.41) is -5.22. The highest BCUT2D eigenvalue weighted by Gasteiger charge is 2.83. The van der Waals surface area contributed by atoms with E-state index in [9.17, 15) is 95.8 Å². The molecule has 8 unspecified atom stereocenters. The predicted octanol–water partition coefficient (Wildman–Crippen LogP) is 18.4. The van der Waals surface area contributed by atoms with E-state index >= 15 is 0 Å². The maximum Gasteiger partial charge on any atom is 0.439 e. The fourth-order valence-corrected chi connectivity index (χ4v) is 34.5. The molecule has 24 nitrogen and oxygen atoms in total. The minimum atomic E-state index is -7.00. The van der Waals surface area contributed by atoms with Crippen molar-refractivity contribution in [3.05, 3.63) is 209 Å². The maximum absolute atomic E-state index is 14.0. The zero-order valence-corrected chi connectivity index (χ0v) is 83.9. The first-order chi connectivity index (χ1) is 64.3. The van der Waals surface area contributed by atoms with Crippen LogP contribution in [-0.4, -0.2) is 194 Å². The first-order valence-electron chi connectivity index (χ1n) is 46.1. The van der Waals surface area contributed by atoms with Crippen LogP contribution in [0.1, 0.15) is 184 Å². The van der Waals surface area contributed by atoms with Gasteiger partial charge in [-0.15, -0.1) is 0 Å². The van der Waals surface area contributed by atoms with Crippen LogP contribution >= 0.6 is 0 Å². The fraction of sp³-hybridized carbons (Fsp3) is 0.536. The number of methoxy groups -OCH3 is 1. The minimum absolute atomic E-state index is 0.00741. The second-order valence-corrected chi connectivity index (χ2v) is 54.1. The minimum Gasteiger partial charge on any atom is -0.497 e. The lowest BCUT2D eigenvalue weighted by Gasteiger charge is -2.42. The van der Waals surface area contributed by atoms with Crippen LogP contribution < -0.4 is 4.74 Å². The highest BCUT2D eigenvalue weighted by Crippen LogP contribution is 2.57. The van der Waals surface area contributed by atoms with Gasteiger partial charge in [-0.25, -0.2) is 33.7 Å². The third-order valence-electron chi connectivity index (χ3n) is 26.1. The van der Waals surface area contributed by atoms with Gasteiger partial charge in [0.25, 0.3) is 20.1 Å². The number of hydrogen-bond donors (Lipinski definition) is 3. The topological polar surface area (TPSA) is 371 Å². The Balaban J connectivity index is 0.000000160. The van der Waals surface area contributed by atoms with Crippen molar-refractivity contribution in [3.8, 4) is 5.75 Å². The van der Waals surface area contributed by atoms with Gasteiger partial charge in [0.2, 0.25) is 5.78 Å². The van der Waals surface area contributed by atoms with Crippen molar-refractivity contribution in [2.75, 3.05) is 63.0 Å². The van der Waals surface area contributed by atoms with Crippen LogP contribution in [0.3, 0.4) is 0 Å². The molecule has 0 amide bonds. The van der Waals surface area contributed by atoms with Gasteiger partial charge in [-0.2, -0.15) is 47.5 Å². The van der Waals surface area contributed by atoms with Gasteiger partial charge in [-0.1, -0.05) is 157 Å². The lowest BCUT2D eigenvalue weighted by Crippen LogP contribution is -2.64. The lowest BCUT2D eigenvalue weighted by molar-refractivity contribution is -0.247. The Bertz CT molecular complexity index is 5660. The number of sulfonamides is 3. The number of fused-ring (bicyclic) bond motifs is 3. The smallest absolute Gasteiger partial charge is 0.439 e. The Labute approximate surface area is 805 Å². The molecule has 3 heterocycles. The van der Waals surface area contributed by atoms with Crippen LogP contribution in [0.5, 0.6) is 5.75 Å². The number of piperidine rings is 1. The first kappa shape index (κ1) is 109. The highest BCUT2D eigenvalue weighted by molar-refractivity contribution is 8.12. The Morgan fingerprint density at radius 2 is 0.926 bits per heavy atom. The molecule has 7 aromatic carbocycles. The Kier molecular flexibility index (Phi) is 38.8. The van der Waals surface area contributed by atoms with Crippen LogP contribution in [0, 0.1) is 40.9 Å². The number of halogens is 6. The van der Waals surface area contributed by atoms with Crippen LogP contribution in [0.2, 0.25) is 0 Å². The number of carbonyl (C=O) groups excluding carboxylic acids is 3. The summed E-state index contributed by atoms with van der Waals surface area (Å²) in [6, 6.07) is 65.8. The molecule has 0 spiro atoms. The molecule has 9 fully saturated rings. The van der Waals surface area contributed by atoms with E-state index in [0.717, 1.165) is 150 Å². The molecule has 8 atom stereocenters. The number of aliphatic hydroxyl groups excluding tert-OH is 1. The number of rotatable bonds is 24. The van der Waals surface area contributed by atoms with Gasteiger partial charge in [0, 0.05) is 53.1 Å². The van der Waals surface area contributed by atoms with Gasteiger partial charge in [0.15, 0.2) is 44.5 Å². The quantitative estimate of drug-likeness (QED) is 0.0166. The molecule has 3 saturated heterocycles. The SMILES string of the molecule is COc1ccc(C(=O)C([S+]2CCOCC2)C(C)(C)C)cc1.O=C(OC1CCCCC1)C1C2CC(C1C(=O)OC1CCCCC1)C(S(=O)(=O)O)C2.O=S(=O)(O)C(F)(F)C(F)(F)C(F)(F)S(=O)(=O)N1CCC2CCCCC2C1.O=S(=O)(c1ccc([S+](c2ccccc2)c2ccccc2)cc1)C1CCCCC1.O=S1(=O)CCCS(=O)(=O)[N-]1.OCCc1ccc([S+](c2ccccc2)c2ccccc2)cc1. The maximum atomic E-state index is 14.0. The molecule has 16 rings (SSSR count). The second kappa shape index (κ2) is 48.2. The van der Waals surface area contributed by atoms with Gasteiger partial charge in [-0.3, -0.25) is 23.5 Å². The van der Waals surface area contributed by atoms with E-state index in [0.29, 0.717) is 30.6 Å². The fourth-order valence-electron chi connectivity index (χ4n) is 19.3. The van der Waals surface area contributed by atoms with Crippen molar-refractivity contribution >= 4 is 111 Å². The van der Waals surface area contributed by atoms with Crippen LogP contribution in [0.15, 0.2) is 228 Å². The van der Waals surface area contributed by atoms with Crippen molar-refractivity contribution < 1.29 is 124 Å². The summed E-state index contributed by atoms with van der Waals surface area (Å²) >= 11 is 0. The number of sulfone groups is 1. The molecule has 136 heavy (non-hydrogen) atoms. The van der Waals surface area contributed by atoms with E-state index in [1.54, 1.807) is 7.11 Å². The number of alkyl halides is 6. The largest absolute Gasteiger partial charge is 0.497 e. The number of ketones is 1. The summed E-state index contributed by atoms with van der Waals surface area (Å²) in [5.74, 6) is -7.64. The predicted molar refractivity (Wildman–Crippen MR) is 513 cm³/mol. The summed E-state index contributed by atoms with van der Waals surface area (Å²) in [6.45, 7) is 7.17. The van der Waals surface area contributed by atoms with Crippen molar-refractivity contribution in [3.63, 3.8) is 0 Å². The zero-order valence-electron chi connectivity index (χ0n) is 76.6. The van der Waals surface area contributed by atoms with Crippen molar-refractivity contribution in [2.24, 2.45) is 40.9 Å². The summed E-state index contributed by atoms with van der Waals surface area (Å²) in [6.07, 6.45) is 18.6. The molecular formula is C97H124F6N2O22S9+2. The normalized spacial score (nSPS) is 22.9. The molecule has 3 N–H and O–H groups in total. The molecule has 39 heteroatoms. The standard InChI is InChI=1S/C24H25O2S2.C21H32O7S.C20H19OS.C17H25O3S.C12H17F6NO5S2.C3H6NO4S2/c25-28(26,23-14-8-3-9-15-23)24-18-16-22(17-19-24)27(20-10-4-1-5-11-20)21-12-6-2-7-13-21;22-20(27-14-7-3-1-4-8-14)18-13-11-16(17(12-13)29(24,25)26)19(18)21(23)28-15-9-5-2-6-10-15;21-16-15-17-11-13-20(14-12-17)22(18-7-3-1-4-8-18)19-9-5-2-6-10-19;1-17(2,3)16(21-11-9-20-10-12-21)15(18)13-5-7-14(19-4)8-6-13;13-10(14,12(17,18)26(22,23)24)11(15,16)25(20,21)19-6-5-8-3-1-2-4-9(8)7-19;5-9(6)2-1-3-10(7,8)4-9/h1-2,4-7,10-13,16-19,23H,3,8-9,14-15H2;13-19H,1-12H2,(H,24,25,26);1-14,21H,15-16H2;5-8,16H,9-12H2,1-4H3;8-9H,1-7H2,(H,22,23,24);1-3H2/q+1;;2*+1;;-1. The number of carbonyl (C=O) groups is 3. The summed E-state index contributed by atoms with van der Waals surface area (Å²) in [5.41, 5.74) is 1.93. The molecule has 0 radical (unpaired) electrons. The van der Waals surface area contributed by atoms with Crippen molar-refractivity contribution in [1.82, 2.24) is 4.31 Å². The van der Waals surface area contributed by atoms with E-state index in [1.165, 1.54) is 30.0 Å². The summed E-state index contributed by atoms with van der Waals surface area (Å²) in [4.78, 5) is 47.1. The molecule has 3 aliphatic heterocycles. The number of Topliss-reactive ketones (excluding diaryl/α,β-unsaturated/α-hetero) is 1. The number of ether oxygens (including phenoxy) is 4. The Morgan fingerprint density at radius 1 is 0.507 bits per heavy atom. The molecular weight excluding hydrogens is 1950 g/mol. The number of benzene rings is 7. The van der Waals surface area contributed by atoms with E-state index < -0.39 is 119 Å². The van der Waals surface area contributed by atoms with Crippen LogP contribution in [-0.2, 0) is 123 Å². The second-order valence-electron chi connectivity index (χ2n) is 36.6. The first-order valence-corrected chi connectivity index (χ1v) is 59.3. The Hall–Kier alpha value is -6.96. The average molecular weight is 2070 g/mol. The summed E-state index contributed by atoms with van der Waals surface area (Å²) in [7, 11) is -26.7. The van der Waals surface area contributed by atoms with E-state index in [1.807, 2.05) is 60.7 Å². The zero-order chi connectivity index (χ0) is 98.7. The van der Waals surface area contributed by atoms with E-state index in [-0.39, 0.29) is 132 Å². The van der Waals surface area contributed by atoms with Gasteiger partial charge < -0.3 is 28.2 Å². The monoisotopic (exact) mass is 2070 g/mol. The molecule has 7 aromatic rings. The number of aliphatic hydroxyl groups is 1. The number of hydrogen-bond acceptors (Lipinski definition) is 20. The van der Waals surface area contributed by atoms with E-state index in [2.05, 4.69) is 158 Å². The van der Waals surface area contributed by atoms with Gasteiger partial charge >= 0.3 is 38.5 Å². The third kappa shape index (κ3) is 28.1. The highest BCUT2D eigenvalue weighted by atomic mass is 32.3. The number of nitrogens with zero attached hydrogens (tertiary/aromatic N) is 2. The van der Waals surface area contributed by atoms with Gasteiger partial charge in [0.05, 0.1) is 89.4 Å². The van der Waals surface area contributed by atoms with Crippen LogP contribution in [0.4, 0.5) is 26.3 Å². The van der Waals surface area contributed by atoms with Crippen LogP contribution in [0.25, 0.3) is 4.13 Å². The summed E-state index contributed by atoms with van der Waals surface area (Å²) < 4.78 is 261. The third-order valence-corrected chi connectivity index (χ3v) is 43.4. The average Bonchev–Trinajstić information content (AvgIpc) is 1.11. The van der Waals surface area contributed by atoms with Gasteiger partial charge in [-0.05, 0) is 241 Å². The van der Waals surface area contributed by atoms with Crippen molar-refractivity contribution in [2.45, 2.75) is 254 Å². The van der Waals surface area contributed by atoms with Gasteiger partial charge in [0.1, 0.15) is 29.5 Å². The number of esters is 2. The van der Waals surface area contributed by atoms with E-state index in [4.69, 9.17) is 28.6 Å². The molecule has 6 saturated carbocycles. The van der Waals surface area contributed by atoms with Crippen molar-refractivity contribution in [1.29, 1.82) is 0 Å². The molecule has 0 aromatic heterocycles. The molecule has 2 bridgehead atoms.